The van der Waals surface area contributed by atoms with E-state index in [1.54, 1.807) is 0 Å². The Bertz CT molecular complexity index is 826. The number of hydrogen-bond acceptors (Lipinski definition) is 3. The van der Waals surface area contributed by atoms with E-state index in [0.29, 0.717) is 16.5 Å². The van der Waals surface area contributed by atoms with Gasteiger partial charge in [0.1, 0.15) is 17.2 Å². The molecule has 6 heteroatoms. The van der Waals surface area contributed by atoms with Gasteiger partial charge < -0.3 is 10.6 Å². The highest BCUT2D eigenvalue weighted by Gasteiger charge is 2.14. The molecule has 0 amide bonds. The molecule has 0 unspecified atom stereocenters. The summed E-state index contributed by atoms with van der Waals surface area (Å²) < 4.78 is 2.80. The molecule has 0 aliphatic carbocycles. The Morgan fingerprint density at radius 2 is 2.00 bits per heavy atom. The van der Waals surface area contributed by atoms with Crippen molar-refractivity contribution in [3.8, 4) is 11.3 Å². The van der Waals surface area contributed by atoms with E-state index in [1.165, 1.54) is 0 Å². The van der Waals surface area contributed by atoms with Gasteiger partial charge in [0.25, 0.3) is 0 Å². The SMILES string of the molecule is CN(C)c1ccc2nc(-c3ccc(Br)cc3Cl)c(N)n2c1. The number of nitrogen functional groups attached to an aromatic ring is 1. The number of aromatic nitrogens is 2. The summed E-state index contributed by atoms with van der Waals surface area (Å²) in [6.45, 7) is 0. The molecule has 0 aliphatic heterocycles. The lowest BCUT2D eigenvalue weighted by Gasteiger charge is -2.12. The molecule has 0 spiro atoms. The molecule has 0 atom stereocenters. The highest BCUT2D eigenvalue weighted by atomic mass is 79.9. The molecule has 21 heavy (non-hydrogen) atoms. The Kier molecular flexibility index (Phi) is 3.55. The summed E-state index contributed by atoms with van der Waals surface area (Å²) in [5.74, 6) is 0.581. The van der Waals surface area contributed by atoms with Crippen molar-refractivity contribution in [2.24, 2.45) is 0 Å². The van der Waals surface area contributed by atoms with Crippen LogP contribution in [0.15, 0.2) is 41.0 Å². The van der Waals surface area contributed by atoms with Crippen LogP contribution in [0.2, 0.25) is 5.02 Å². The normalized spacial score (nSPS) is 11.0. The van der Waals surface area contributed by atoms with Gasteiger partial charge in [0.15, 0.2) is 0 Å². The minimum absolute atomic E-state index is 0.581. The van der Waals surface area contributed by atoms with Gasteiger partial charge in [-0.25, -0.2) is 4.98 Å². The van der Waals surface area contributed by atoms with Gasteiger partial charge >= 0.3 is 0 Å². The van der Waals surface area contributed by atoms with E-state index >= 15 is 0 Å². The van der Waals surface area contributed by atoms with E-state index in [9.17, 15) is 0 Å². The van der Waals surface area contributed by atoms with Crippen molar-refractivity contribution in [1.82, 2.24) is 9.38 Å². The minimum atomic E-state index is 0.581. The molecular weight excluding hydrogens is 352 g/mol. The fourth-order valence-electron chi connectivity index (χ4n) is 2.20. The number of anilines is 2. The molecule has 3 rings (SSSR count). The first kappa shape index (κ1) is 14.2. The Hall–Kier alpha value is -1.72. The van der Waals surface area contributed by atoms with Gasteiger partial charge in [-0.2, -0.15) is 0 Å². The van der Waals surface area contributed by atoms with Crippen LogP contribution in [0.5, 0.6) is 0 Å². The average Bonchev–Trinajstić information content (AvgIpc) is 2.75. The lowest BCUT2D eigenvalue weighted by Crippen LogP contribution is -2.09. The second-order valence-electron chi connectivity index (χ2n) is 4.98. The van der Waals surface area contributed by atoms with Crippen LogP contribution in [0.25, 0.3) is 16.9 Å². The van der Waals surface area contributed by atoms with Gasteiger partial charge in [0, 0.05) is 30.3 Å². The molecule has 4 nitrogen and oxygen atoms in total. The molecule has 1 aromatic carbocycles. The summed E-state index contributed by atoms with van der Waals surface area (Å²) in [6.07, 6.45) is 1.97. The zero-order valence-corrected chi connectivity index (χ0v) is 14.0. The first-order chi connectivity index (χ1) is 9.97. The molecule has 2 N–H and O–H groups in total. The summed E-state index contributed by atoms with van der Waals surface area (Å²) in [4.78, 5) is 6.61. The third-order valence-corrected chi connectivity index (χ3v) is 4.15. The second-order valence-corrected chi connectivity index (χ2v) is 6.30. The van der Waals surface area contributed by atoms with Crippen molar-refractivity contribution in [3.05, 3.63) is 46.0 Å². The van der Waals surface area contributed by atoms with Crippen molar-refractivity contribution < 1.29 is 0 Å². The Morgan fingerprint density at radius 3 is 2.67 bits per heavy atom. The lowest BCUT2D eigenvalue weighted by molar-refractivity contribution is 1.09. The largest absolute Gasteiger partial charge is 0.383 e. The molecule has 0 aliphatic rings. The molecule has 108 valence electrons. The summed E-state index contributed by atoms with van der Waals surface area (Å²) in [6, 6.07) is 9.63. The number of nitrogens with two attached hydrogens (primary N) is 1. The zero-order chi connectivity index (χ0) is 15.1. The van der Waals surface area contributed by atoms with Crippen LogP contribution < -0.4 is 10.6 Å². The van der Waals surface area contributed by atoms with Crippen molar-refractivity contribution in [2.75, 3.05) is 24.7 Å². The zero-order valence-electron chi connectivity index (χ0n) is 11.6. The van der Waals surface area contributed by atoms with Gasteiger partial charge in [-0.1, -0.05) is 33.6 Å². The fraction of sp³-hybridized carbons (Fsp3) is 0.133. The number of nitrogens with zero attached hydrogens (tertiary/aromatic N) is 3. The number of benzene rings is 1. The molecule has 0 saturated carbocycles. The molecule has 2 aromatic heterocycles. The minimum Gasteiger partial charge on any atom is -0.383 e. The Balaban J connectivity index is 2.22. The molecule has 0 saturated heterocycles. The summed E-state index contributed by atoms with van der Waals surface area (Å²) in [5.41, 5.74) is 9.64. The van der Waals surface area contributed by atoms with Gasteiger partial charge in [-0.05, 0) is 24.3 Å². The molecule has 0 fully saturated rings. The quantitative estimate of drug-likeness (QED) is 0.745. The maximum atomic E-state index is 6.30. The Labute approximate surface area is 136 Å². The third-order valence-electron chi connectivity index (χ3n) is 3.34. The van der Waals surface area contributed by atoms with Crippen LogP contribution in [0, 0.1) is 0 Å². The van der Waals surface area contributed by atoms with E-state index in [2.05, 4.69) is 20.9 Å². The van der Waals surface area contributed by atoms with E-state index in [1.807, 2.05) is 59.9 Å². The van der Waals surface area contributed by atoms with Gasteiger partial charge in [0.05, 0.1) is 10.7 Å². The van der Waals surface area contributed by atoms with Crippen LogP contribution in [-0.2, 0) is 0 Å². The molecular formula is C15H14BrClN4. The van der Waals surface area contributed by atoms with Crippen molar-refractivity contribution in [2.45, 2.75) is 0 Å². The molecule has 2 heterocycles. The van der Waals surface area contributed by atoms with Crippen molar-refractivity contribution in [1.29, 1.82) is 0 Å². The fourth-order valence-corrected chi connectivity index (χ4v) is 2.96. The average molecular weight is 366 g/mol. The first-order valence-electron chi connectivity index (χ1n) is 6.37. The number of fused-ring (bicyclic) bond motifs is 1. The number of pyridine rings is 1. The van der Waals surface area contributed by atoms with Crippen LogP contribution in [-0.4, -0.2) is 23.5 Å². The van der Waals surface area contributed by atoms with Crippen LogP contribution >= 0.6 is 27.5 Å². The van der Waals surface area contributed by atoms with E-state index < -0.39 is 0 Å². The maximum absolute atomic E-state index is 6.30. The first-order valence-corrected chi connectivity index (χ1v) is 7.55. The number of hydrogen-bond donors (Lipinski definition) is 1. The molecule has 0 bridgehead atoms. The second kappa shape index (κ2) is 5.24. The predicted molar refractivity (Wildman–Crippen MR) is 92.1 cm³/mol. The van der Waals surface area contributed by atoms with Gasteiger partial charge in [-0.15, -0.1) is 0 Å². The highest BCUT2D eigenvalue weighted by molar-refractivity contribution is 9.10. The van der Waals surface area contributed by atoms with E-state index in [-0.39, 0.29) is 0 Å². The molecule has 3 aromatic rings. The number of rotatable bonds is 2. The predicted octanol–water partition coefficient (Wildman–Crippen LogP) is 4.07. The van der Waals surface area contributed by atoms with E-state index in [4.69, 9.17) is 17.3 Å². The van der Waals surface area contributed by atoms with Crippen LogP contribution in [0.3, 0.4) is 0 Å². The number of halogens is 2. The smallest absolute Gasteiger partial charge is 0.139 e. The lowest BCUT2D eigenvalue weighted by atomic mass is 10.1. The monoisotopic (exact) mass is 364 g/mol. The third kappa shape index (κ3) is 2.47. The van der Waals surface area contributed by atoms with Crippen LogP contribution in [0.4, 0.5) is 11.5 Å². The van der Waals surface area contributed by atoms with Gasteiger partial charge in [0.2, 0.25) is 0 Å². The summed E-state index contributed by atoms with van der Waals surface area (Å²) in [7, 11) is 3.97. The number of imidazole rings is 1. The standard InChI is InChI=1S/C15H14BrClN4/c1-20(2)10-4-6-13-19-14(15(18)21(13)8-10)11-5-3-9(16)7-12(11)17/h3-8H,18H2,1-2H3. The van der Waals surface area contributed by atoms with Crippen molar-refractivity contribution >= 4 is 44.7 Å². The van der Waals surface area contributed by atoms with Crippen LogP contribution in [0.1, 0.15) is 0 Å². The maximum Gasteiger partial charge on any atom is 0.139 e. The Morgan fingerprint density at radius 1 is 1.24 bits per heavy atom. The van der Waals surface area contributed by atoms with E-state index in [0.717, 1.165) is 21.4 Å². The highest BCUT2D eigenvalue weighted by Crippen LogP contribution is 2.34. The molecule has 0 radical (unpaired) electrons. The van der Waals surface area contributed by atoms with Gasteiger partial charge in [-0.3, -0.25) is 4.40 Å². The van der Waals surface area contributed by atoms with Crippen molar-refractivity contribution in [3.63, 3.8) is 0 Å². The summed E-state index contributed by atoms with van der Waals surface area (Å²) >= 11 is 9.70. The topological polar surface area (TPSA) is 46.6 Å². The summed E-state index contributed by atoms with van der Waals surface area (Å²) in [5, 5.41) is 0.618.